The number of hydrogen-bond donors (Lipinski definition) is 2. The number of pyridine rings is 1. The van der Waals surface area contributed by atoms with Gasteiger partial charge in [-0.05, 0) is 54.5 Å². The summed E-state index contributed by atoms with van der Waals surface area (Å²) in [4.78, 5) is 16.8. The molecule has 1 aliphatic carbocycles. The topological polar surface area (TPSA) is 89.9 Å². The van der Waals surface area contributed by atoms with Gasteiger partial charge in [0.2, 0.25) is 12.7 Å². The molecule has 2 aromatic rings. The lowest BCUT2D eigenvalue weighted by Crippen LogP contribution is -2.41. The van der Waals surface area contributed by atoms with Crippen molar-refractivity contribution in [3.8, 4) is 17.2 Å². The van der Waals surface area contributed by atoms with Crippen LogP contribution in [0, 0.1) is 5.92 Å². The molecule has 1 aliphatic heterocycles. The van der Waals surface area contributed by atoms with Crippen molar-refractivity contribution < 1.29 is 24.1 Å². The van der Waals surface area contributed by atoms with Crippen LogP contribution >= 0.6 is 0 Å². The third-order valence-corrected chi connectivity index (χ3v) is 5.34. The predicted octanol–water partition coefficient (Wildman–Crippen LogP) is 2.38. The first-order chi connectivity index (χ1) is 13.6. The number of aryl methyl sites for hydroxylation is 1. The molecule has 2 aliphatic rings. The second kappa shape index (κ2) is 8.06. The van der Waals surface area contributed by atoms with Crippen molar-refractivity contribution in [3.05, 3.63) is 47.8 Å². The Hall–Kier alpha value is -2.80. The molecule has 0 spiro atoms. The van der Waals surface area contributed by atoms with Crippen LogP contribution in [-0.2, 0) is 11.2 Å². The number of amides is 1. The molecule has 2 heterocycles. The molecule has 2 N–H and O–H groups in total. The summed E-state index contributed by atoms with van der Waals surface area (Å²) in [5, 5.41) is 12.8. The maximum absolute atomic E-state index is 12.6. The fourth-order valence-corrected chi connectivity index (χ4v) is 3.69. The van der Waals surface area contributed by atoms with E-state index >= 15 is 0 Å². The SMILES string of the molecule is COc1cncc([C@H](NC(=O)CCc2ccc3c(c2)OCO3)C2CC(O)C2)c1. The Morgan fingerprint density at radius 2 is 2.11 bits per heavy atom. The van der Waals surface area contributed by atoms with Crippen molar-refractivity contribution in [3.63, 3.8) is 0 Å². The van der Waals surface area contributed by atoms with Crippen molar-refractivity contribution in [2.75, 3.05) is 13.9 Å². The van der Waals surface area contributed by atoms with Crippen LogP contribution in [0.5, 0.6) is 17.2 Å². The van der Waals surface area contributed by atoms with E-state index in [2.05, 4.69) is 10.3 Å². The van der Waals surface area contributed by atoms with Crippen LogP contribution in [0.3, 0.4) is 0 Å². The van der Waals surface area contributed by atoms with Gasteiger partial charge in [-0.2, -0.15) is 0 Å². The van der Waals surface area contributed by atoms with Gasteiger partial charge in [-0.15, -0.1) is 0 Å². The Morgan fingerprint density at radius 3 is 2.89 bits per heavy atom. The third kappa shape index (κ3) is 4.04. The summed E-state index contributed by atoms with van der Waals surface area (Å²) in [5.41, 5.74) is 1.92. The van der Waals surface area contributed by atoms with Gasteiger partial charge in [0.25, 0.3) is 0 Å². The van der Waals surface area contributed by atoms with Crippen LogP contribution in [0.25, 0.3) is 0 Å². The van der Waals surface area contributed by atoms with Crippen molar-refractivity contribution >= 4 is 5.91 Å². The van der Waals surface area contributed by atoms with Gasteiger partial charge in [0, 0.05) is 12.6 Å². The molecule has 1 aromatic heterocycles. The highest BCUT2D eigenvalue weighted by Gasteiger charge is 2.36. The molecule has 0 unspecified atom stereocenters. The number of hydrogen-bond acceptors (Lipinski definition) is 6. The molecule has 7 heteroatoms. The molecule has 0 saturated heterocycles. The van der Waals surface area contributed by atoms with E-state index in [1.54, 1.807) is 19.5 Å². The Labute approximate surface area is 163 Å². The highest BCUT2D eigenvalue weighted by Crippen LogP contribution is 2.38. The number of aliphatic hydroxyl groups excluding tert-OH is 1. The van der Waals surface area contributed by atoms with Crippen LogP contribution in [0.15, 0.2) is 36.7 Å². The molecule has 0 radical (unpaired) electrons. The first-order valence-corrected chi connectivity index (χ1v) is 9.47. The number of fused-ring (bicyclic) bond motifs is 1. The summed E-state index contributed by atoms with van der Waals surface area (Å²) in [6, 6.07) is 7.44. The Kier molecular flexibility index (Phi) is 5.34. The monoisotopic (exact) mass is 384 g/mol. The summed E-state index contributed by atoms with van der Waals surface area (Å²) < 4.78 is 16.0. The van der Waals surface area contributed by atoms with Gasteiger partial charge in [0.05, 0.1) is 25.5 Å². The highest BCUT2D eigenvalue weighted by atomic mass is 16.7. The van der Waals surface area contributed by atoms with Crippen LogP contribution in [0.1, 0.15) is 36.4 Å². The van der Waals surface area contributed by atoms with Gasteiger partial charge >= 0.3 is 0 Å². The van der Waals surface area contributed by atoms with Gasteiger partial charge in [-0.25, -0.2) is 0 Å². The van der Waals surface area contributed by atoms with Crippen LogP contribution in [0.2, 0.25) is 0 Å². The van der Waals surface area contributed by atoms with E-state index in [1.807, 2.05) is 24.3 Å². The fourth-order valence-electron chi connectivity index (χ4n) is 3.69. The molecule has 1 fully saturated rings. The minimum absolute atomic E-state index is 0.0353. The fraction of sp³-hybridized carbons (Fsp3) is 0.429. The molecule has 7 nitrogen and oxygen atoms in total. The number of benzene rings is 1. The average molecular weight is 384 g/mol. The normalized spacial score (nSPS) is 20.9. The van der Waals surface area contributed by atoms with Gasteiger partial charge in [0.15, 0.2) is 11.5 Å². The van der Waals surface area contributed by atoms with Gasteiger partial charge in [-0.1, -0.05) is 6.07 Å². The van der Waals surface area contributed by atoms with Gasteiger partial charge in [-0.3, -0.25) is 9.78 Å². The molecule has 1 amide bonds. The minimum Gasteiger partial charge on any atom is -0.495 e. The summed E-state index contributed by atoms with van der Waals surface area (Å²) >= 11 is 0. The van der Waals surface area contributed by atoms with Crippen LogP contribution < -0.4 is 19.5 Å². The van der Waals surface area contributed by atoms with Crippen molar-refractivity contribution in [2.24, 2.45) is 5.92 Å². The summed E-state index contributed by atoms with van der Waals surface area (Å²) in [6.45, 7) is 0.239. The molecule has 4 rings (SSSR count). The molecular weight excluding hydrogens is 360 g/mol. The van der Waals surface area contributed by atoms with Gasteiger partial charge in [0.1, 0.15) is 5.75 Å². The number of nitrogens with zero attached hydrogens (tertiary/aromatic N) is 1. The zero-order chi connectivity index (χ0) is 19.5. The van der Waals surface area contributed by atoms with Crippen LogP contribution in [-0.4, -0.2) is 36.0 Å². The number of methoxy groups -OCH3 is 1. The second-order valence-corrected chi connectivity index (χ2v) is 7.28. The largest absolute Gasteiger partial charge is 0.495 e. The standard InChI is InChI=1S/C21H24N2O5/c1-26-17-9-15(10-22-11-17)21(14-7-16(24)8-14)23-20(25)5-3-13-2-4-18-19(6-13)28-12-27-18/h2,4,6,9-11,14,16,21,24H,3,5,7-8,12H2,1H3,(H,23,25)/t14?,16?,21-/m1/s1. The van der Waals surface area contributed by atoms with E-state index in [4.69, 9.17) is 14.2 Å². The lowest BCUT2D eigenvalue weighted by Gasteiger charge is -2.38. The molecule has 0 bridgehead atoms. The van der Waals surface area contributed by atoms with Crippen LogP contribution in [0.4, 0.5) is 0 Å². The van der Waals surface area contributed by atoms with Gasteiger partial charge < -0.3 is 24.6 Å². The molecular formula is C21H24N2O5. The smallest absolute Gasteiger partial charge is 0.231 e. The first-order valence-electron chi connectivity index (χ1n) is 9.47. The Balaban J connectivity index is 1.40. The van der Waals surface area contributed by atoms with E-state index in [0.29, 0.717) is 31.4 Å². The highest BCUT2D eigenvalue weighted by molar-refractivity contribution is 5.76. The number of ether oxygens (including phenoxy) is 3. The summed E-state index contributed by atoms with van der Waals surface area (Å²) in [6.07, 6.45) is 5.40. The average Bonchev–Trinajstić information content (AvgIpc) is 3.16. The number of nitrogens with one attached hydrogen (secondary N) is 1. The Bertz CT molecular complexity index is 850. The van der Waals surface area contributed by atoms with Crippen molar-refractivity contribution in [2.45, 2.75) is 37.8 Å². The Morgan fingerprint density at radius 1 is 1.29 bits per heavy atom. The molecule has 1 atom stereocenters. The minimum atomic E-state index is -0.295. The number of carbonyl (C=O) groups excluding carboxylic acids is 1. The van der Waals surface area contributed by atoms with E-state index < -0.39 is 0 Å². The quantitative estimate of drug-likeness (QED) is 0.762. The number of rotatable bonds is 7. The summed E-state index contributed by atoms with van der Waals surface area (Å²) in [5.74, 6) is 2.27. The van der Waals surface area contributed by atoms with Crippen molar-refractivity contribution in [1.82, 2.24) is 10.3 Å². The number of carbonyl (C=O) groups is 1. The predicted molar refractivity (Wildman–Crippen MR) is 101 cm³/mol. The zero-order valence-corrected chi connectivity index (χ0v) is 15.8. The summed E-state index contributed by atoms with van der Waals surface area (Å²) in [7, 11) is 1.59. The van der Waals surface area contributed by atoms with E-state index in [1.165, 1.54) is 0 Å². The molecule has 148 valence electrons. The second-order valence-electron chi connectivity index (χ2n) is 7.28. The molecule has 28 heavy (non-hydrogen) atoms. The number of aliphatic hydroxyl groups is 1. The van der Waals surface area contributed by atoms with E-state index in [9.17, 15) is 9.90 Å². The van der Waals surface area contributed by atoms with E-state index in [-0.39, 0.29) is 30.8 Å². The molecule has 1 saturated carbocycles. The third-order valence-electron chi connectivity index (χ3n) is 5.34. The van der Waals surface area contributed by atoms with Crippen molar-refractivity contribution in [1.29, 1.82) is 0 Å². The zero-order valence-electron chi connectivity index (χ0n) is 15.8. The molecule has 1 aromatic carbocycles. The number of aromatic nitrogens is 1. The first kappa shape index (κ1) is 18.6. The lowest BCUT2D eigenvalue weighted by atomic mass is 9.75. The van der Waals surface area contributed by atoms with E-state index in [0.717, 1.165) is 22.6 Å². The maximum Gasteiger partial charge on any atom is 0.231 e. The maximum atomic E-state index is 12.6. The lowest BCUT2D eigenvalue weighted by molar-refractivity contribution is -0.123.